The van der Waals surface area contributed by atoms with Crippen molar-refractivity contribution in [1.82, 2.24) is 10.3 Å². The molecule has 1 N–H and O–H groups in total. The lowest BCUT2D eigenvalue weighted by atomic mass is 10.1. The molecule has 1 aliphatic heterocycles. The normalized spacial score (nSPS) is 12.9. The maximum Gasteiger partial charge on any atom is 0.322 e. The predicted octanol–water partition coefficient (Wildman–Crippen LogP) is 2.88. The third kappa shape index (κ3) is 3.77. The van der Waals surface area contributed by atoms with Gasteiger partial charge in [0.15, 0.2) is 0 Å². The van der Waals surface area contributed by atoms with E-state index in [0.29, 0.717) is 25.4 Å². The van der Waals surface area contributed by atoms with Crippen LogP contribution >= 0.6 is 0 Å². The van der Waals surface area contributed by atoms with E-state index in [1.807, 2.05) is 51.0 Å². The number of hydrogen-bond donors (Lipinski definition) is 1. The van der Waals surface area contributed by atoms with Gasteiger partial charge < -0.3 is 19.7 Å². The Morgan fingerprint density at radius 3 is 2.85 bits per heavy atom. The van der Waals surface area contributed by atoms with E-state index in [1.165, 1.54) is 0 Å². The second-order valence-corrected chi connectivity index (χ2v) is 6.75. The molecule has 3 rings (SSSR count). The highest BCUT2D eigenvalue weighted by Gasteiger charge is 2.24. The van der Waals surface area contributed by atoms with Gasteiger partial charge in [-0.25, -0.2) is 4.79 Å². The molecule has 0 saturated heterocycles. The summed E-state index contributed by atoms with van der Waals surface area (Å²) in [6.07, 6.45) is 1.76. The van der Waals surface area contributed by atoms with E-state index in [1.54, 1.807) is 18.2 Å². The number of rotatable bonds is 4. The summed E-state index contributed by atoms with van der Waals surface area (Å²) in [5, 5.41) is 2.96. The molecule has 144 valence electrons. The molecule has 0 unspecified atom stereocenters. The molecule has 0 fully saturated rings. The number of nitrogens with one attached hydrogen (secondary N) is 1. The van der Waals surface area contributed by atoms with Crippen LogP contribution in [0.1, 0.15) is 16.8 Å². The summed E-state index contributed by atoms with van der Waals surface area (Å²) in [5.41, 5.74) is 4.51. The molecular formula is C20H26N4O3. The quantitative estimate of drug-likeness (QED) is 0.896. The van der Waals surface area contributed by atoms with Crippen LogP contribution in [0.2, 0.25) is 0 Å². The number of anilines is 2. The number of aromatic nitrogens is 1. The minimum Gasteiger partial charge on any atom is -0.496 e. The number of pyridine rings is 1. The van der Waals surface area contributed by atoms with E-state index in [0.717, 1.165) is 33.9 Å². The Labute approximate surface area is 159 Å². The largest absolute Gasteiger partial charge is 0.496 e. The predicted molar refractivity (Wildman–Crippen MR) is 106 cm³/mol. The number of carbonyl (C=O) groups excluding carboxylic acids is 1. The monoisotopic (exact) mass is 370 g/mol. The third-order valence-electron chi connectivity index (χ3n) is 4.73. The van der Waals surface area contributed by atoms with Crippen LogP contribution < -0.4 is 24.6 Å². The van der Waals surface area contributed by atoms with Crippen molar-refractivity contribution in [1.29, 1.82) is 0 Å². The summed E-state index contributed by atoms with van der Waals surface area (Å²) < 4.78 is 11.2. The van der Waals surface area contributed by atoms with Gasteiger partial charge in [0, 0.05) is 43.2 Å². The number of amides is 2. The molecule has 1 aliphatic rings. The van der Waals surface area contributed by atoms with Crippen LogP contribution in [0.5, 0.6) is 11.5 Å². The maximum atomic E-state index is 12.8. The topological polar surface area (TPSA) is 66.9 Å². The van der Waals surface area contributed by atoms with Gasteiger partial charge in [-0.05, 0) is 26.0 Å². The molecule has 7 nitrogen and oxygen atoms in total. The Morgan fingerprint density at radius 1 is 1.37 bits per heavy atom. The highest BCUT2D eigenvalue weighted by molar-refractivity contribution is 5.94. The van der Waals surface area contributed by atoms with Gasteiger partial charge in [-0.15, -0.1) is 0 Å². The number of ether oxygens (including phenoxy) is 2. The van der Waals surface area contributed by atoms with Crippen molar-refractivity contribution in [2.24, 2.45) is 0 Å². The number of methoxy groups -OCH3 is 1. The first-order valence-electron chi connectivity index (χ1n) is 8.91. The second kappa shape index (κ2) is 7.73. The fourth-order valence-electron chi connectivity index (χ4n) is 3.20. The van der Waals surface area contributed by atoms with Gasteiger partial charge in [0.2, 0.25) is 0 Å². The van der Waals surface area contributed by atoms with Crippen molar-refractivity contribution in [3.8, 4) is 11.5 Å². The van der Waals surface area contributed by atoms with Crippen LogP contribution in [0.4, 0.5) is 16.2 Å². The van der Waals surface area contributed by atoms with Crippen LogP contribution in [0.15, 0.2) is 24.4 Å². The molecule has 7 heteroatoms. The minimum absolute atomic E-state index is 0.169. The molecule has 0 spiro atoms. The smallest absolute Gasteiger partial charge is 0.322 e. The Morgan fingerprint density at radius 2 is 2.15 bits per heavy atom. The fourth-order valence-corrected chi connectivity index (χ4v) is 3.20. The molecule has 0 saturated carbocycles. The molecule has 0 radical (unpaired) electrons. The summed E-state index contributed by atoms with van der Waals surface area (Å²) in [6, 6.07) is 5.68. The SMILES string of the molecule is COc1c(C)cnc(CNC(=O)N2CCOc3cc(N(C)C)ccc32)c1C. The standard InChI is InChI=1S/C20H26N4O3/c1-13-11-21-16(14(2)19(13)26-5)12-22-20(25)24-8-9-27-18-10-15(23(3)4)6-7-17(18)24/h6-7,10-11H,8-9,12H2,1-5H3,(H,22,25). The summed E-state index contributed by atoms with van der Waals surface area (Å²) >= 11 is 0. The second-order valence-electron chi connectivity index (χ2n) is 6.75. The van der Waals surface area contributed by atoms with Gasteiger partial charge in [-0.2, -0.15) is 0 Å². The van der Waals surface area contributed by atoms with Crippen molar-refractivity contribution in [3.05, 3.63) is 41.2 Å². The van der Waals surface area contributed by atoms with Gasteiger partial charge in [0.1, 0.15) is 18.1 Å². The van der Waals surface area contributed by atoms with Crippen molar-refractivity contribution >= 4 is 17.4 Å². The van der Waals surface area contributed by atoms with Crippen molar-refractivity contribution in [3.63, 3.8) is 0 Å². The van der Waals surface area contributed by atoms with E-state index in [4.69, 9.17) is 9.47 Å². The Kier molecular flexibility index (Phi) is 5.39. The van der Waals surface area contributed by atoms with E-state index in [2.05, 4.69) is 10.3 Å². The average molecular weight is 370 g/mol. The highest BCUT2D eigenvalue weighted by atomic mass is 16.5. The minimum atomic E-state index is -0.169. The fraction of sp³-hybridized carbons (Fsp3) is 0.400. The van der Waals surface area contributed by atoms with E-state index in [9.17, 15) is 4.79 Å². The number of nitrogens with zero attached hydrogens (tertiary/aromatic N) is 3. The molecule has 0 bridgehead atoms. The van der Waals surface area contributed by atoms with Crippen LogP contribution in [0.3, 0.4) is 0 Å². The number of urea groups is 1. The average Bonchev–Trinajstić information content (AvgIpc) is 2.66. The van der Waals surface area contributed by atoms with E-state index < -0.39 is 0 Å². The van der Waals surface area contributed by atoms with E-state index >= 15 is 0 Å². The Bertz CT molecular complexity index is 851. The number of benzene rings is 1. The van der Waals surface area contributed by atoms with Gasteiger partial charge in [0.25, 0.3) is 0 Å². The van der Waals surface area contributed by atoms with Crippen LogP contribution in [0.25, 0.3) is 0 Å². The molecule has 0 aliphatic carbocycles. The Hall–Kier alpha value is -2.96. The lowest BCUT2D eigenvalue weighted by Gasteiger charge is -2.30. The summed E-state index contributed by atoms with van der Waals surface area (Å²) in [4.78, 5) is 20.9. The first-order chi connectivity index (χ1) is 12.9. The van der Waals surface area contributed by atoms with Gasteiger partial charge >= 0.3 is 6.03 Å². The molecule has 2 heterocycles. The molecule has 27 heavy (non-hydrogen) atoms. The number of carbonyl (C=O) groups is 1. The number of aryl methyl sites for hydroxylation is 1. The van der Waals surface area contributed by atoms with Crippen molar-refractivity contribution < 1.29 is 14.3 Å². The molecule has 2 amide bonds. The van der Waals surface area contributed by atoms with Gasteiger partial charge in [0.05, 0.1) is 31.6 Å². The molecule has 2 aromatic rings. The highest BCUT2D eigenvalue weighted by Crippen LogP contribution is 2.35. The van der Waals surface area contributed by atoms with Crippen molar-refractivity contribution in [2.75, 3.05) is 44.2 Å². The van der Waals surface area contributed by atoms with Crippen LogP contribution in [0, 0.1) is 13.8 Å². The molecular weight excluding hydrogens is 344 g/mol. The molecule has 1 aromatic heterocycles. The summed E-state index contributed by atoms with van der Waals surface area (Å²) in [5.74, 6) is 1.52. The van der Waals surface area contributed by atoms with Gasteiger partial charge in [-0.1, -0.05) is 0 Å². The Balaban J connectivity index is 1.75. The first kappa shape index (κ1) is 18.8. The molecule has 0 atom stereocenters. The zero-order chi connectivity index (χ0) is 19.6. The zero-order valence-corrected chi connectivity index (χ0v) is 16.5. The lowest BCUT2D eigenvalue weighted by Crippen LogP contribution is -2.44. The number of hydrogen-bond acceptors (Lipinski definition) is 5. The van der Waals surface area contributed by atoms with Gasteiger partial charge in [-0.3, -0.25) is 9.88 Å². The third-order valence-corrected chi connectivity index (χ3v) is 4.73. The summed E-state index contributed by atoms with van der Waals surface area (Å²) in [7, 11) is 5.59. The molecule has 1 aromatic carbocycles. The maximum absolute atomic E-state index is 12.8. The van der Waals surface area contributed by atoms with Crippen LogP contribution in [-0.2, 0) is 6.54 Å². The summed E-state index contributed by atoms with van der Waals surface area (Å²) in [6.45, 7) is 5.21. The number of fused-ring (bicyclic) bond motifs is 1. The zero-order valence-electron chi connectivity index (χ0n) is 16.5. The lowest BCUT2D eigenvalue weighted by molar-refractivity contribution is 0.239. The van der Waals surface area contributed by atoms with Crippen molar-refractivity contribution in [2.45, 2.75) is 20.4 Å². The first-order valence-corrected chi connectivity index (χ1v) is 8.91. The van der Waals surface area contributed by atoms with E-state index in [-0.39, 0.29) is 6.03 Å². The van der Waals surface area contributed by atoms with Crippen LogP contribution in [-0.4, -0.2) is 45.4 Å².